The third-order valence-electron chi connectivity index (χ3n) is 3.05. The summed E-state index contributed by atoms with van der Waals surface area (Å²) in [5, 5.41) is 9.71. The fourth-order valence-corrected chi connectivity index (χ4v) is 1.96. The molecule has 3 nitrogen and oxygen atoms in total. The summed E-state index contributed by atoms with van der Waals surface area (Å²) in [5.74, 6) is -1.19. The van der Waals surface area contributed by atoms with Crippen LogP contribution in [0.4, 0.5) is 13.2 Å². The fourth-order valence-electron chi connectivity index (χ4n) is 1.96. The predicted octanol–water partition coefficient (Wildman–Crippen LogP) is 0.970. The largest absolute Gasteiger partial charge is 0.391 e. The second-order valence-corrected chi connectivity index (χ2v) is 4.79. The standard InChI is InChI=1S/C10H19F3N2O/c1-9(16,6-14)7-15-4-2-8(3-5-15)10(11,12)13/h8,16H,2-7,14H2,1H3. The number of nitrogens with zero attached hydrogens (tertiary/aromatic N) is 1. The zero-order valence-corrected chi connectivity index (χ0v) is 9.43. The molecule has 96 valence electrons. The Morgan fingerprint density at radius 2 is 1.81 bits per heavy atom. The topological polar surface area (TPSA) is 49.5 Å². The van der Waals surface area contributed by atoms with Gasteiger partial charge in [0.15, 0.2) is 0 Å². The summed E-state index contributed by atoms with van der Waals surface area (Å²) < 4.78 is 37.2. The first-order chi connectivity index (χ1) is 7.24. The highest BCUT2D eigenvalue weighted by atomic mass is 19.4. The van der Waals surface area contributed by atoms with Crippen LogP contribution in [0.5, 0.6) is 0 Å². The lowest BCUT2D eigenvalue weighted by atomic mass is 9.95. The van der Waals surface area contributed by atoms with Gasteiger partial charge < -0.3 is 15.7 Å². The van der Waals surface area contributed by atoms with E-state index in [9.17, 15) is 18.3 Å². The van der Waals surface area contributed by atoms with E-state index in [4.69, 9.17) is 5.73 Å². The number of β-amino-alcohol motifs (C(OH)–C–C–N with tert-alkyl or cyclic N) is 1. The first-order valence-electron chi connectivity index (χ1n) is 5.46. The molecular weight excluding hydrogens is 221 g/mol. The molecule has 3 N–H and O–H groups in total. The zero-order valence-electron chi connectivity index (χ0n) is 9.43. The van der Waals surface area contributed by atoms with Crippen LogP contribution in [0.2, 0.25) is 0 Å². The minimum Gasteiger partial charge on any atom is -0.388 e. The van der Waals surface area contributed by atoms with Crippen molar-refractivity contribution in [2.24, 2.45) is 11.7 Å². The molecule has 1 heterocycles. The summed E-state index contributed by atoms with van der Waals surface area (Å²) in [4.78, 5) is 1.84. The van der Waals surface area contributed by atoms with Crippen molar-refractivity contribution in [3.8, 4) is 0 Å². The van der Waals surface area contributed by atoms with Gasteiger partial charge in [-0.25, -0.2) is 0 Å². The molecule has 1 atom stereocenters. The van der Waals surface area contributed by atoms with Crippen LogP contribution in [0.25, 0.3) is 0 Å². The maximum Gasteiger partial charge on any atom is 0.391 e. The fraction of sp³-hybridized carbons (Fsp3) is 1.00. The van der Waals surface area contributed by atoms with E-state index in [-0.39, 0.29) is 19.4 Å². The van der Waals surface area contributed by atoms with E-state index in [1.165, 1.54) is 0 Å². The van der Waals surface area contributed by atoms with Crippen molar-refractivity contribution in [2.75, 3.05) is 26.2 Å². The van der Waals surface area contributed by atoms with E-state index in [0.29, 0.717) is 19.6 Å². The summed E-state index contributed by atoms with van der Waals surface area (Å²) in [6, 6.07) is 0. The molecule has 0 aromatic carbocycles. The zero-order chi connectivity index (χ0) is 12.4. The highest BCUT2D eigenvalue weighted by molar-refractivity contribution is 4.83. The Morgan fingerprint density at radius 3 is 2.19 bits per heavy atom. The molecule has 1 saturated heterocycles. The van der Waals surface area contributed by atoms with Crippen molar-refractivity contribution in [1.29, 1.82) is 0 Å². The number of hydrogen-bond acceptors (Lipinski definition) is 3. The Balaban J connectivity index is 2.38. The SMILES string of the molecule is CC(O)(CN)CN1CCC(C(F)(F)F)CC1. The molecular formula is C10H19F3N2O. The molecule has 6 heteroatoms. The molecule has 16 heavy (non-hydrogen) atoms. The first kappa shape index (κ1) is 13.7. The smallest absolute Gasteiger partial charge is 0.388 e. The number of likely N-dealkylation sites (tertiary alicyclic amines) is 1. The van der Waals surface area contributed by atoms with E-state index in [2.05, 4.69) is 0 Å². The summed E-state index contributed by atoms with van der Waals surface area (Å²) in [6.07, 6.45) is -3.85. The van der Waals surface area contributed by atoms with Crippen molar-refractivity contribution in [1.82, 2.24) is 4.90 Å². The molecule has 0 aliphatic carbocycles. The van der Waals surface area contributed by atoms with Gasteiger partial charge in [0.25, 0.3) is 0 Å². The minimum absolute atomic E-state index is 0.115. The van der Waals surface area contributed by atoms with Gasteiger partial charge in [-0.2, -0.15) is 13.2 Å². The van der Waals surface area contributed by atoms with E-state index >= 15 is 0 Å². The molecule has 1 aliphatic rings. The van der Waals surface area contributed by atoms with Crippen LogP contribution in [0, 0.1) is 5.92 Å². The Kier molecular flexibility index (Phi) is 4.20. The number of alkyl halides is 3. The van der Waals surface area contributed by atoms with Crippen molar-refractivity contribution >= 4 is 0 Å². The van der Waals surface area contributed by atoms with Gasteiger partial charge in [-0.3, -0.25) is 0 Å². The van der Waals surface area contributed by atoms with E-state index < -0.39 is 17.7 Å². The molecule has 1 unspecified atom stereocenters. The second kappa shape index (κ2) is 4.89. The maximum absolute atomic E-state index is 12.4. The molecule has 1 aliphatic heterocycles. The number of piperidine rings is 1. The quantitative estimate of drug-likeness (QED) is 0.773. The van der Waals surface area contributed by atoms with Gasteiger partial charge in [-0.05, 0) is 32.9 Å². The summed E-state index contributed by atoms with van der Waals surface area (Å²) in [5.41, 5.74) is 4.35. The third-order valence-corrected chi connectivity index (χ3v) is 3.05. The van der Waals surface area contributed by atoms with Crippen molar-refractivity contribution in [3.05, 3.63) is 0 Å². The molecule has 0 bridgehead atoms. The van der Waals surface area contributed by atoms with Crippen LogP contribution in [-0.2, 0) is 0 Å². The van der Waals surface area contributed by atoms with Gasteiger partial charge in [0, 0.05) is 13.1 Å². The normalized spacial score (nSPS) is 24.4. The Bertz CT molecular complexity index is 223. The van der Waals surface area contributed by atoms with Crippen LogP contribution >= 0.6 is 0 Å². The van der Waals surface area contributed by atoms with Gasteiger partial charge in [0.2, 0.25) is 0 Å². The number of nitrogens with two attached hydrogens (primary N) is 1. The molecule has 1 rings (SSSR count). The lowest BCUT2D eigenvalue weighted by molar-refractivity contribution is -0.186. The number of hydrogen-bond donors (Lipinski definition) is 2. The number of aliphatic hydroxyl groups is 1. The van der Waals surface area contributed by atoms with Crippen molar-refractivity contribution in [3.63, 3.8) is 0 Å². The van der Waals surface area contributed by atoms with Crippen molar-refractivity contribution in [2.45, 2.75) is 31.5 Å². The van der Waals surface area contributed by atoms with Crippen molar-refractivity contribution < 1.29 is 18.3 Å². The first-order valence-corrected chi connectivity index (χ1v) is 5.46. The predicted molar refractivity (Wildman–Crippen MR) is 54.9 cm³/mol. The lowest BCUT2D eigenvalue weighted by Crippen LogP contribution is -2.49. The Morgan fingerprint density at radius 1 is 1.31 bits per heavy atom. The van der Waals surface area contributed by atoms with Crippen LogP contribution in [0.15, 0.2) is 0 Å². The van der Waals surface area contributed by atoms with Crippen LogP contribution < -0.4 is 5.73 Å². The highest BCUT2D eigenvalue weighted by Gasteiger charge is 2.41. The summed E-state index contributed by atoms with van der Waals surface area (Å²) >= 11 is 0. The monoisotopic (exact) mass is 240 g/mol. The number of halogens is 3. The Labute approximate surface area is 93.4 Å². The van der Waals surface area contributed by atoms with E-state index in [1.54, 1.807) is 6.92 Å². The molecule has 0 amide bonds. The van der Waals surface area contributed by atoms with Gasteiger partial charge in [0.1, 0.15) is 0 Å². The summed E-state index contributed by atoms with van der Waals surface area (Å²) in [7, 11) is 0. The van der Waals surface area contributed by atoms with Gasteiger partial charge in [-0.15, -0.1) is 0 Å². The maximum atomic E-state index is 12.4. The second-order valence-electron chi connectivity index (χ2n) is 4.79. The van der Waals surface area contributed by atoms with Gasteiger partial charge in [-0.1, -0.05) is 0 Å². The molecule has 0 aromatic heterocycles. The molecule has 0 saturated carbocycles. The molecule has 0 aromatic rings. The third kappa shape index (κ3) is 3.92. The average Bonchev–Trinajstić information content (AvgIpc) is 2.16. The van der Waals surface area contributed by atoms with Crippen LogP contribution in [0.1, 0.15) is 19.8 Å². The minimum atomic E-state index is -4.08. The number of rotatable bonds is 3. The Hall–Kier alpha value is -0.330. The van der Waals surface area contributed by atoms with E-state index in [0.717, 1.165) is 0 Å². The van der Waals surface area contributed by atoms with E-state index in [1.807, 2.05) is 4.90 Å². The average molecular weight is 240 g/mol. The summed E-state index contributed by atoms with van der Waals surface area (Å²) in [6.45, 7) is 2.81. The van der Waals surface area contributed by atoms with Gasteiger partial charge >= 0.3 is 6.18 Å². The highest BCUT2D eigenvalue weighted by Crippen LogP contribution is 2.34. The van der Waals surface area contributed by atoms with Crippen LogP contribution in [0.3, 0.4) is 0 Å². The van der Waals surface area contributed by atoms with Gasteiger partial charge in [0.05, 0.1) is 11.5 Å². The molecule has 1 fully saturated rings. The lowest BCUT2D eigenvalue weighted by Gasteiger charge is -2.36. The van der Waals surface area contributed by atoms with Crippen LogP contribution in [-0.4, -0.2) is 48.0 Å². The molecule has 0 spiro atoms. The molecule has 0 radical (unpaired) electrons.